The lowest BCUT2D eigenvalue weighted by molar-refractivity contribution is -0.0127. The Morgan fingerprint density at radius 2 is 2.15 bits per heavy atom. The standard InChI is InChI=1S/C17H28N2O/c1-4-17-13-20-9-8-19(17)12-16-7-5-6-15(10-16)11-18-14(2)3/h5-7,10,14,17-18H,4,8-9,11-13H2,1-3H3. The maximum Gasteiger partial charge on any atom is 0.0622 e. The summed E-state index contributed by atoms with van der Waals surface area (Å²) in [6.07, 6.45) is 1.16. The van der Waals surface area contributed by atoms with Crippen molar-refractivity contribution in [3.8, 4) is 0 Å². The van der Waals surface area contributed by atoms with E-state index in [0.29, 0.717) is 12.1 Å². The first-order valence-electron chi connectivity index (χ1n) is 7.82. The van der Waals surface area contributed by atoms with E-state index in [-0.39, 0.29) is 0 Å². The SMILES string of the molecule is CCC1COCCN1Cc1cccc(CNC(C)C)c1. The molecule has 1 aliphatic rings. The van der Waals surface area contributed by atoms with Gasteiger partial charge in [-0.05, 0) is 17.5 Å². The number of hydrogen-bond donors (Lipinski definition) is 1. The molecule has 20 heavy (non-hydrogen) atoms. The molecule has 1 aromatic rings. The van der Waals surface area contributed by atoms with Crippen LogP contribution in [0.15, 0.2) is 24.3 Å². The van der Waals surface area contributed by atoms with E-state index in [2.05, 4.69) is 55.3 Å². The van der Waals surface area contributed by atoms with E-state index in [9.17, 15) is 0 Å². The van der Waals surface area contributed by atoms with Crippen LogP contribution < -0.4 is 5.32 Å². The molecule has 0 spiro atoms. The first-order valence-corrected chi connectivity index (χ1v) is 7.82. The molecule has 0 saturated carbocycles. The lowest BCUT2D eigenvalue weighted by Gasteiger charge is -2.35. The second kappa shape index (κ2) is 7.77. The van der Waals surface area contributed by atoms with Gasteiger partial charge in [0.15, 0.2) is 0 Å². The van der Waals surface area contributed by atoms with Crippen molar-refractivity contribution in [2.75, 3.05) is 19.8 Å². The van der Waals surface area contributed by atoms with E-state index in [1.54, 1.807) is 0 Å². The molecule has 1 saturated heterocycles. The molecule has 0 amide bonds. The van der Waals surface area contributed by atoms with Crippen molar-refractivity contribution in [3.63, 3.8) is 0 Å². The van der Waals surface area contributed by atoms with Crippen LogP contribution in [-0.2, 0) is 17.8 Å². The summed E-state index contributed by atoms with van der Waals surface area (Å²) in [5.74, 6) is 0. The lowest BCUT2D eigenvalue weighted by atomic mass is 10.1. The smallest absolute Gasteiger partial charge is 0.0622 e. The second-order valence-electron chi connectivity index (χ2n) is 5.96. The highest BCUT2D eigenvalue weighted by atomic mass is 16.5. The lowest BCUT2D eigenvalue weighted by Crippen LogP contribution is -2.44. The number of benzene rings is 1. The molecule has 1 unspecified atom stereocenters. The number of rotatable bonds is 6. The van der Waals surface area contributed by atoms with E-state index in [4.69, 9.17) is 4.74 Å². The van der Waals surface area contributed by atoms with Crippen LogP contribution in [0.1, 0.15) is 38.3 Å². The van der Waals surface area contributed by atoms with Gasteiger partial charge in [0.05, 0.1) is 13.2 Å². The van der Waals surface area contributed by atoms with Gasteiger partial charge >= 0.3 is 0 Å². The topological polar surface area (TPSA) is 24.5 Å². The molecule has 0 radical (unpaired) electrons. The molecule has 1 aromatic carbocycles. The molecule has 3 nitrogen and oxygen atoms in total. The molecule has 3 heteroatoms. The number of ether oxygens (including phenoxy) is 1. The van der Waals surface area contributed by atoms with E-state index < -0.39 is 0 Å². The third-order valence-electron chi connectivity index (χ3n) is 3.91. The average molecular weight is 276 g/mol. The Kier molecular flexibility index (Phi) is 6.02. The van der Waals surface area contributed by atoms with Crippen molar-refractivity contribution in [3.05, 3.63) is 35.4 Å². The minimum Gasteiger partial charge on any atom is -0.378 e. The molecular formula is C17H28N2O. The molecule has 0 aliphatic carbocycles. The monoisotopic (exact) mass is 276 g/mol. The number of nitrogens with zero attached hydrogens (tertiary/aromatic N) is 1. The summed E-state index contributed by atoms with van der Waals surface area (Å²) < 4.78 is 5.58. The maximum atomic E-state index is 5.58. The van der Waals surface area contributed by atoms with Crippen molar-refractivity contribution in [1.29, 1.82) is 0 Å². The molecule has 0 bridgehead atoms. The van der Waals surface area contributed by atoms with Gasteiger partial charge in [-0.1, -0.05) is 45.0 Å². The number of morpholine rings is 1. The van der Waals surface area contributed by atoms with Crippen molar-refractivity contribution < 1.29 is 4.74 Å². The first-order chi connectivity index (χ1) is 9.69. The van der Waals surface area contributed by atoms with Crippen LogP contribution in [0.5, 0.6) is 0 Å². The fourth-order valence-corrected chi connectivity index (χ4v) is 2.67. The van der Waals surface area contributed by atoms with Gasteiger partial charge in [-0.3, -0.25) is 4.90 Å². The second-order valence-corrected chi connectivity index (χ2v) is 5.96. The van der Waals surface area contributed by atoms with Crippen molar-refractivity contribution in [2.45, 2.75) is 52.4 Å². The summed E-state index contributed by atoms with van der Waals surface area (Å²) in [6, 6.07) is 10.0. The van der Waals surface area contributed by atoms with Crippen LogP contribution in [0, 0.1) is 0 Å². The third kappa shape index (κ3) is 4.58. The highest BCUT2D eigenvalue weighted by Gasteiger charge is 2.21. The van der Waals surface area contributed by atoms with Gasteiger partial charge in [-0.15, -0.1) is 0 Å². The van der Waals surface area contributed by atoms with Crippen molar-refractivity contribution in [1.82, 2.24) is 10.2 Å². The van der Waals surface area contributed by atoms with Gasteiger partial charge in [-0.25, -0.2) is 0 Å². The highest BCUT2D eigenvalue weighted by molar-refractivity contribution is 5.23. The molecule has 0 aromatic heterocycles. The van der Waals surface area contributed by atoms with Crippen LogP contribution in [0.3, 0.4) is 0 Å². The van der Waals surface area contributed by atoms with Crippen LogP contribution in [-0.4, -0.2) is 36.7 Å². The molecule has 1 aliphatic heterocycles. The van der Waals surface area contributed by atoms with Gasteiger partial charge < -0.3 is 10.1 Å². The Balaban J connectivity index is 1.96. The Morgan fingerprint density at radius 3 is 2.90 bits per heavy atom. The molecule has 1 heterocycles. The fourth-order valence-electron chi connectivity index (χ4n) is 2.67. The molecule has 112 valence electrons. The Bertz CT molecular complexity index is 406. The van der Waals surface area contributed by atoms with Gasteiger partial charge in [0.25, 0.3) is 0 Å². The molecule has 1 N–H and O–H groups in total. The maximum absolute atomic E-state index is 5.58. The van der Waals surface area contributed by atoms with E-state index >= 15 is 0 Å². The fraction of sp³-hybridized carbons (Fsp3) is 0.647. The van der Waals surface area contributed by atoms with E-state index in [0.717, 1.165) is 39.3 Å². The summed E-state index contributed by atoms with van der Waals surface area (Å²) >= 11 is 0. The predicted molar refractivity (Wildman–Crippen MR) is 83.7 cm³/mol. The number of hydrogen-bond acceptors (Lipinski definition) is 3. The van der Waals surface area contributed by atoms with Gasteiger partial charge in [0, 0.05) is 31.7 Å². The Hall–Kier alpha value is -0.900. The average Bonchev–Trinajstić information content (AvgIpc) is 2.46. The zero-order chi connectivity index (χ0) is 14.4. The van der Waals surface area contributed by atoms with Crippen LogP contribution in [0.4, 0.5) is 0 Å². The quantitative estimate of drug-likeness (QED) is 0.864. The van der Waals surface area contributed by atoms with Crippen molar-refractivity contribution in [2.24, 2.45) is 0 Å². The van der Waals surface area contributed by atoms with E-state index in [1.807, 2.05) is 0 Å². The zero-order valence-corrected chi connectivity index (χ0v) is 13.1. The van der Waals surface area contributed by atoms with Crippen LogP contribution >= 0.6 is 0 Å². The molecule has 1 atom stereocenters. The summed E-state index contributed by atoms with van der Waals surface area (Å²) in [5.41, 5.74) is 2.78. The minimum atomic E-state index is 0.530. The van der Waals surface area contributed by atoms with Crippen molar-refractivity contribution >= 4 is 0 Å². The van der Waals surface area contributed by atoms with E-state index in [1.165, 1.54) is 11.1 Å². The number of nitrogens with one attached hydrogen (secondary N) is 1. The Morgan fingerprint density at radius 1 is 1.35 bits per heavy atom. The summed E-state index contributed by atoms with van der Waals surface area (Å²) in [7, 11) is 0. The third-order valence-corrected chi connectivity index (χ3v) is 3.91. The summed E-state index contributed by atoms with van der Waals surface area (Å²) in [6.45, 7) is 11.4. The van der Waals surface area contributed by atoms with Crippen LogP contribution in [0.2, 0.25) is 0 Å². The van der Waals surface area contributed by atoms with Gasteiger partial charge in [0.2, 0.25) is 0 Å². The normalized spacial score (nSPS) is 20.5. The largest absolute Gasteiger partial charge is 0.378 e. The summed E-state index contributed by atoms with van der Waals surface area (Å²) in [4.78, 5) is 2.55. The summed E-state index contributed by atoms with van der Waals surface area (Å²) in [5, 5.41) is 3.48. The first kappa shape index (κ1) is 15.5. The highest BCUT2D eigenvalue weighted by Crippen LogP contribution is 2.15. The van der Waals surface area contributed by atoms with Gasteiger partial charge in [-0.2, -0.15) is 0 Å². The van der Waals surface area contributed by atoms with Gasteiger partial charge in [0.1, 0.15) is 0 Å². The van der Waals surface area contributed by atoms with Crippen LogP contribution in [0.25, 0.3) is 0 Å². The molecular weight excluding hydrogens is 248 g/mol. The molecule has 1 fully saturated rings. The Labute approximate surface area is 123 Å². The zero-order valence-electron chi connectivity index (χ0n) is 13.1. The minimum absolute atomic E-state index is 0.530. The molecule has 2 rings (SSSR count). The predicted octanol–water partition coefficient (Wildman–Crippen LogP) is 2.80.